The van der Waals surface area contributed by atoms with Crippen LogP contribution >= 0.6 is 0 Å². The largest absolute Gasteiger partial charge is 0.394 e. The van der Waals surface area contributed by atoms with Gasteiger partial charge in [-0.15, -0.1) is 0 Å². The molecule has 9 heavy (non-hydrogen) atoms. The summed E-state index contributed by atoms with van der Waals surface area (Å²) in [6.07, 6.45) is -0.136. The summed E-state index contributed by atoms with van der Waals surface area (Å²) in [6.45, 7) is 1.06. The third kappa shape index (κ3) is 2.09. The fourth-order valence-electron chi connectivity index (χ4n) is 0.293. The van der Waals surface area contributed by atoms with E-state index < -0.39 is 18.2 Å². The predicted molar refractivity (Wildman–Crippen MR) is 34.5 cm³/mol. The molecule has 0 aliphatic carbocycles. The molecule has 2 atom stereocenters. The fraction of sp³-hybridized carbons (Fsp3) is 0.800. The van der Waals surface area contributed by atoms with E-state index in [4.69, 9.17) is 21.4 Å². The summed E-state index contributed by atoms with van der Waals surface area (Å²) < 4.78 is 0. The van der Waals surface area contributed by atoms with Gasteiger partial charge in [0.1, 0.15) is 0 Å². The third-order valence-corrected chi connectivity index (χ3v) is 1.20. The van der Waals surface area contributed by atoms with Gasteiger partial charge in [-0.25, -0.2) is 0 Å². The first-order valence-corrected chi connectivity index (χ1v) is 2.64. The summed E-state index contributed by atoms with van der Waals surface area (Å²) in [6, 6.07) is 0. The number of aliphatic hydroxyl groups excluding tert-OH is 2. The van der Waals surface area contributed by atoms with Crippen molar-refractivity contribution in [2.45, 2.75) is 18.6 Å². The molecule has 0 rings (SSSR count). The number of hydrogen-bond acceptors (Lipinski definition) is 4. The first-order chi connectivity index (χ1) is 4.04. The fourth-order valence-corrected chi connectivity index (χ4v) is 0.293. The Morgan fingerprint density at radius 1 is 1.89 bits per heavy atom. The normalized spacial score (nSPS) is 20.4. The second-order valence-electron chi connectivity index (χ2n) is 2.21. The van der Waals surface area contributed by atoms with Crippen molar-refractivity contribution < 1.29 is 10.2 Å². The Labute approximate surface area is 53.8 Å². The van der Waals surface area contributed by atoms with Gasteiger partial charge in [-0.1, -0.05) is 0 Å². The van der Waals surface area contributed by atoms with Gasteiger partial charge < -0.3 is 21.4 Å². The number of hydrogen-bond donors (Lipinski definition) is 4. The van der Waals surface area contributed by atoms with E-state index in [-0.39, 0.29) is 0 Å². The average Bonchev–Trinajstić information content (AvgIpc) is 1.86. The van der Waals surface area contributed by atoms with Crippen molar-refractivity contribution >= 4 is 6.21 Å². The van der Waals surface area contributed by atoms with Gasteiger partial charge in [0.2, 0.25) is 0 Å². The van der Waals surface area contributed by atoms with Crippen LogP contribution in [0.3, 0.4) is 0 Å². The lowest BCUT2D eigenvalue weighted by molar-refractivity contribution is 0.0630. The van der Waals surface area contributed by atoms with Crippen LogP contribution in [-0.2, 0) is 0 Å². The highest BCUT2D eigenvalue weighted by Crippen LogP contribution is 2.00. The second-order valence-corrected chi connectivity index (χ2v) is 2.21. The molecule has 2 unspecified atom stereocenters. The average molecular weight is 132 g/mol. The summed E-state index contributed by atoms with van der Waals surface area (Å²) in [4.78, 5) is 0. The van der Waals surface area contributed by atoms with E-state index in [9.17, 15) is 0 Å². The van der Waals surface area contributed by atoms with Crippen molar-refractivity contribution in [2.24, 2.45) is 5.73 Å². The smallest absolute Gasteiger partial charge is 0.0997 e. The number of rotatable bonds is 3. The summed E-state index contributed by atoms with van der Waals surface area (Å²) in [7, 11) is 0. The Bertz CT molecular complexity index is 103. The van der Waals surface area contributed by atoms with Crippen LogP contribution in [0.5, 0.6) is 0 Å². The van der Waals surface area contributed by atoms with Crippen LogP contribution in [0.4, 0.5) is 0 Å². The van der Waals surface area contributed by atoms with E-state index in [1.165, 1.54) is 6.92 Å². The standard InChI is InChI=1S/C5H12N2O2/c1-5(7,3-6)4(9)2-8/h3-4,6,8-9H,2,7H2,1H3. The molecule has 0 radical (unpaired) electrons. The highest BCUT2D eigenvalue weighted by atomic mass is 16.3. The molecule has 0 heterocycles. The third-order valence-electron chi connectivity index (χ3n) is 1.20. The van der Waals surface area contributed by atoms with Gasteiger partial charge in [0.25, 0.3) is 0 Å². The minimum atomic E-state index is -1.10. The Morgan fingerprint density at radius 3 is 2.44 bits per heavy atom. The maximum atomic E-state index is 8.86. The first kappa shape index (κ1) is 8.55. The van der Waals surface area contributed by atoms with Crippen LogP contribution < -0.4 is 5.73 Å². The van der Waals surface area contributed by atoms with Crippen molar-refractivity contribution in [3.05, 3.63) is 0 Å². The van der Waals surface area contributed by atoms with Crippen LogP contribution in [0.1, 0.15) is 6.92 Å². The summed E-state index contributed by atoms with van der Waals surface area (Å²) in [5, 5.41) is 23.9. The minimum absolute atomic E-state index is 0.414. The Balaban J connectivity index is 3.95. The van der Waals surface area contributed by atoms with Crippen molar-refractivity contribution in [2.75, 3.05) is 6.61 Å². The Hall–Kier alpha value is -0.450. The monoisotopic (exact) mass is 132 g/mol. The van der Waals surface area contributed by atoms with Gasteiger partial charge in [-0.2, -0.15) is 0 Å². The minimum Gasteiger partial charge on any atom is -0.394 e. The van der Waals surface area contributed by atoms with Crippen LogP contribution in [-0.4, -0.2) is 34.7 Å². The molecule has 0 aliphatic rings. The molecule has 0 fully saturated rings. The zero-order chi connectivity index (χ0) is 7.49. The van der Waals surface area contributed by atoms with Crippen LogP contribution in [0, 0.1) is 5.41 Å². The van der Waals surface area contributed by atoms with Gasteiger partial charge in [-0.05, 0) is 6.92 Å². The zero-order valence-corrected chi connectivity index (χ0v) is 5.33. The van der Waals surface area contributed by atoms with Crippen LogP contribution in [0.15, 0.2) is 0 Å². The van der Waals surface area contributed by atoms with E-state index in [0.29, 0.717) is 0 Å². The lowest BCUT2D eigenvalue weighted by Gasteiger charge is -2.23. The molecule has 54 valence electrons. The molecule has 0 bridgehead atoms. The molecule has 4 heteroatoms. The molecule has 0 spiro atoms. The van der Waals surface area contributed by atoms with Gasteiger partial charge >= 0.3 is 0 Å². The lowest BCUT2D eigenvalue weighted by Crippen LogP contribution is -2.51. The molecule has 0 saturated heterocycles. The van der Waals surface area contributed by atoms with Gasteiger partial charge in [0.15, 0.2) is 0 Å². The molecule has 0 saturated carbocycles. The van der Waals surface area contributed by atoms with E-state index in [2.05, 4.69) is 0 Å². The molecule has 5 N–H and O–H groups in total. The van der Waals surface area contributed by atoms with Gasteiger partial charge in [-0.3, -0.25) is 0 Å². The molecule has 0 aromatic rings. The highest BCUT2D eigenvalue weighted by molar-refractivity contribution is 5.66. The van der Waals surface area contributed by atoms with Crippen molar-refractivity contribution in [3.63, 3.8) is 0 Å². The van der Waals surface area contributed by atoms with Crippen molar-refractivity contribution in [3.8, 4) is 0 Å². The SMILES string of the molecule is CC(N)(C=N)C(O)CO. The molecular formula is C5H12N2O2. The van der Waals surface area contributed by atoms with Crippen LogP contribution in [0.25, 0.3) is 0 Å². The maximum absolute atomic E-state index is 8.86. The van der Waals surface area contributed by atoms with E-state index in [1.54, 1.807) is 0 Å². The molecule has 0 amide bonds. The van der Waals surface area contributed by atoms with E-state index >= 15 is 0 Å². The number of aliphatic hydroxyl groups is 2. The second kappa shape index (κ2) is 2.91. The summed E-state index contributed by atoms with van der Waals surface area (Å²) in [5.41, 5.74) is 4.21. The van der Waals surface area contributed by atoms with E-state index in [1.807, 2.05) is 0 Å². The molecule has 0 aromatic carbocycles. The van der Waals surface area contributed by atoms with Crippen molar-refractivity contribution in [1.29, 1.82) is 5.41 Å². The molecule has 0 aliphatic heterocycles. The molecule has 0 aromatic heterocycles. The summed E-state index contributed by atoms with van der Waals surface area (Å²) >= 11 is 0. The highest BCUT2D eigenvalue weighted by Gasteiger charge is 2.24. The first-order valence-electron chi connectivity index (χ1n) is 2.64. The van der Waals surface area contributed by atoms with Gasteiger partial charge in [0, 0.05) is 6.21 Å². The number of nitrogens with one attached hydrogen (secondary N) is 1. The van der Waals surface area contributed by atoms with Crippen LogP contribution in [0.2, 0.25) is 0 Å². The maximum Gasteiger partial charge on any atom is 0.0997 e. The zero-order valence-electron chi connectivity index (χ0n) is 5.33. The Morgan fingerprint density at radius 2 is 2.33 bits per heavy atom. The van der Waals surface area contributed by atoms with Crippen molar-refractivity contribution in [1.82, 2.24) is 0 Å². The lowest BCUT2D eigenvalue weighted by atomic mass is 9.99. The van der Waals surface area contributed by atoms with Gasteiger partial charge in [0.05, 0.1) is 18.2 Å². The Kier molecular flexibility index (Phi) is 2.76. The molecular weight excluding hydrogens is 120 g/mol. The number of nitrogens with two attached hydrogens (primary N) is 1. The summed E-state index contributed by atoms with van der Waals surface area (Å²) in [5.74, 6) is 0. The molecule has 4 nitrogen and oxygen atoms in total. The topological polar surface area (TPSA) is 90.3 Å². The predicted octanol–water partition coefficient (Wildman–Crippen LogP) is -1.29. The van der Waals surface area contributed by atoms with E-state index in [0.717, 1.165) is 6.21 Å². The quantitative estimate of drug-likeness (QED) is 0.360.